The topological polar surface area (TPSA) is 29.1 Å². The van der Waals surface area contributed by atoms with Crippen LogP contribution < -0.4 is 5.32 Å². The van der Waals surface area contributed by atoms with Crippen LogP contribution in [0.3, 0.4) is 0 Å². The van der Waals surface area contributed by atoms with Crippen LogP contribution >= 0.6 is 15.9 Å². The van der Waals surface area contributed by atoms with Gasteiger partial charge >= 0.3 is 0 Å². The fraction of sp³-hybridized carbons (Fsp3) is 0. The first-order chi connectivity index (χ1) is 9.13. The Kier molecular flexibility index (Phi) is 2.95. The highest BCUT2D eigenvalue weighted by Crippen LogP contribution is 2.34. The second-order valence-electron chi connectivity index (χ2n) is 4.25. The molecule has 0 spiro atoms. The van der Waals surface area contributed by atoms with E-state index in [2.05, 4.69) is 21.2 Å². The molecule has 0 saturated carbocycles. The van der Waals surface area contributed by atoms with E-state index in [-0.39, 0.29) is 11.7 Å². The lowest BCUT2D eigenvalue weighted by atomic mass is 10.0. The number of nitrogens with one attached hydrogen (secondary N) is 1. The average molecular weight is 318 g/mol. The van der Waals surface area contributed by atoms with Crippen molar-refractivity contribution in [3.8, 4) is 0 Å². The van der Waals surface area contributed by atoms with Gasteiger partial charge in [0.1, 0.15) is 5.82 Å². The summed E-state index contributed by atoms with van der Waals surface area (Å²) in [5.74, 6) is -0.432. The molecule has 0 fully saturated rings. The summed E-state index contributed by atoms with van der Waals surface area (Å²) in [7, 11) is 0. The molecule has 0 atom stereocenters. The third-order valence-electron chi connectivity index (χ3n) is 2.95. The van der Waals surface area contributed by atoms with Gasteiger partial charge in [0.25, 0.3) is 5.91 Å². The van der Waals surface area contributed by atoms with Gasteiger partial charge in [-0.1, -0.05) is 28.1 Å². The fourth-order valence-corrected chi connectivity index (χ4v) is 2.39. The quantitative estimate of drug-likeness (QED) is 0.789. The Bertz CT molecular complexity index is 692. The minimum Gasteiger partial charge on any atom is -0.321 e. The van der Waals surface area contributed by atoms with E-state index in [9.17, 15) is 9.18 Å². The molecule has 2 aromatic rings. The van der Waals surface area contributed by atoms with Gasteiger partial charge in [0.2, 0.25) is 0 Å². The summed E-state index contributed by atoms with van der Waals surface area (Å²) in [6.45, 7) is 0. The van der Waals surface area contributed by atoms with Crippen LogP contribution in [-0.4, -0.2) is 5.91 Å². The van der Waals surface area contributed by atoms with E-state index in [4.69, 9.17) is 0 Å². The molecule has 3 rings (SSSR count). The summed E-state index contributed by atoms with van der Waals surface area (Å²) >= 11 is 3.39. The van der Waals surface area contributed by atoms with Crippen LogP contribution in [0.2, 0.25) is 0 Å². The van der Waals surface area contributed by atoms with Gasteiger partial charge < -0.3 is 5.32 Å². The van der Waals surface area contributed by atoms with E-state index in [0.29, 0.717) is 5.57 Å². The number of fused-ring (bicyclic) bond motifs is 1. The molecule has 1 amide bonds. The highest BCUT2D eigenvalue weighted by atomic mass is 79.9. The number of carbonyl (C=O) groups excluding carboxylic acids is 1. The van der Waals surface area contributed by atoms with E-state index in [1.54, 1.807) is 18.2 Å². The molecule has 1 heterocycles. The van der Waals surface area contributed by atoms with E-state index < -0.39 is 0 Å². The van der Waals surface area contributed by atoms with Crippen LogP contribution in [0.1, 0.15) is 11.1 Å². The van der Waals surface area contributed by atoms with Gasteiger partial charge in [0.15, 0.2) is 0 Å². The standard InChI is InChI=1S/C15H9BrFNO/c16-10-3-6-14-12(8-10)13(15(19)18-14)7-9-1-4-11(17)5-2-9/h1-8H,(H,18,19)/b13-7+. The average Bonchev–Trinajstić information content (AvgIpc) is 2.69. The van der Waals surface area contributed by atoms with Crippen LogP contribution in [0.15, 0.2) is 46.9 Å². The largest absolute Gasteiger partial charge is 0.321 e. The lowest BCUT2D eigenvalue weighted by Crippen LogP contribution is -2.03. The highest BCUT2D eigenvalue weighted by Gasteiger charge is 2.23. The minimum atomic E-state index is -0.291. The van der Waals surface area contributed by atoms with Crippen molar-refractivity contribution in [3.05, 3.63) is 63.9 Å². The van der Waals surface area contributed by atoms with Crippen molar-refractivity contribution < 1.29 is 9.18 Å². The molecule has 1 aliphatic rings. The van der Waals surface area contributed by atoms with Crippen molar-refractivity contribution >= 4 is 39.2 Å². The van der Waals surface area contributed by atoms with Gasteiger partial charge in [0, 0.05) is 21.3 Å². The van der Waals surface area contributed by atoms with Crippen LogP contribution in [0, 0.1) is 5.82 Å². The molecule has 0 aliphatic carbocycles. The number of rotatable bonds is 1. The smallest absolute Gasteiger partial charge is 0.256 e. The zero-order valence-corrected chi connectivity index (χ0v) is 11.4. The first-order valence-electron chi connectivity index (χ1n) is 5.72. The third-order valence-corrected chi connectivity index (χ3v) is 3.44. The predicted octanol–water partition coefficient (Wildman–Crippen LogP) is 4.08. The first-order valence-corrected chi connectivity index (χ1v) is 6.51. The SMILES string of the molecule is O=C1Nc2ccc(Br)cc2/C1=C\c1ccc(F)cc1. The molecular weight excluding hydrogens is 309 g/mol. The first kappa shape index (κ1) is 12.1. The van der Waals surface area contributed by atoms with Gasteiger partial charge in [0.05, 0.1) is 0 Å². The van der Waals surface area contributed by atoms with Gasteiger partial charge in [-0.3, -0.25) is 4.79 Å². The Balaban J connectivity index is 2.08. The molecule has 0 radical (unpaired) electrons. The number of carbonyl (C=O) groups is 1. The molecule has 0 aromatic heterocycles. The molecule has 0 bridgehead atoms. The Morgan fingerprint density at radius 1 is 1.11 bits per heavy atom. The highest BCUT2D eigenvalue weighted by molar-refractivity contribution is 9.10. The van der Waals surface area contributed by atoms with Crippen molar-refractivity contribution in [3.63, 3.8) is 0 Å². The maximum Gasteiger partial charge on any atom is 0.256 e. The Hall–Kier alpha value is -1.94. The summed E-state index contributed by atoms with van der Waals surface area (Å²) in [4.78, 5) is 11.9. The monoisotopic (exact) mass is 317 g/mol. The molecular formula is C15H9BrFNO. The zero-order valence-electron chi connectivity index (χ0n) is 9.78. The molecule has 4 heteroatoms. The van der Waals surface area contributed by atoms with E-state index in [1.165, 1.54) is 12.1 Å². The number of halogens is 2. The Morgan fingerprint density at radius 3 is 2.58 bits per heavy atom. The molecule has 1 aliphatic heterocycles. The number of benzene rings is 2. The van der Waals surface area contributed by atoms with Crippen LogP contribution in [0.5, 0.6) is 0 Å². The molecule has 0 unspecified atom stereocenters. The molecule has 2 aromatic carbocycles. The molecule has 1 N–H and O–H groups in total. The van der Waals surface area contributed by atoms with Gasteiger partial charge in [-0.15, -0.1) is 0 Å². The fourth-order valence-electron chi connectivity index (χ4n) is 2.03. The maximum atomic E-state index is 12.9. The lowest BCUT2D eigenvalue weighted by molar-refractivity contribution is -0.110. The van der Waals surface area contributed by atoms with Crippen molar-refractivity contribution in [2.75, 3.05) is 5.32 Å². The van der Waals surface area contributed by atoms with Crippen LogP contribution in [0.25, 0.3) is 11.6 Å². The van der Waals surface area contributed by atoms with Crippen LogP contribution in [0.4, 0.5) is 10.1 Å². The second-order valence-corrected chi connectivity index (χ2v) is 5.17. The third kappa shape index (κ3) is 2.31. The molecule has 19 heavy (non-hydrogen) atoms. The van der Waals surface area contributed by atoms with E-state index in [1.807, 2.05) is 18.2 Å². The summed E-state index contributed by atoms with van der Waals surface area (Å²) in [5.41, 5.74) is 3.02. The van der Waals surface area contributed by atoms with Crippen molar-refractivity contribution in [2.24, 2.45) is 0 Å². The Morgan fingerprint density at radius 2 is 1.84 bits per heavy atom. The number of anilines is 1. The van der Waals surface area contributed by atoms with Gasteiger partial charge in [-0.05, 0) is 42.0 Å². The summed E-state index contributed by atoms with van der Waals surface area (Å²) in [6, 6.07) is 11.7. The number of amides is 1. The minimum absolute atomic E-state index is 0.141. The van der Waals surface area contributed by atoms with Gasteiger partial charge in [-0.2, -0.15) is 0 Å². The summed E-state index contributed by atoms with van der Waals surface area (Å²) < 4.78 is 13.8. The molecule has 2 nitrogen and oxygen atoms in total. The molecule has 94 valence electrons. The zero-order chi connectivity index (χ0) is 13.4. The predicted molar refractivity (Wildman–Crippen MR) is 77.0 cm³/mol. The number of hydrogen-bond acceptors (Lipinski definition) is 1. The normalized spacial score (nSPS) is 15.5. The van der Waals surface area contributed by atoms with Gasteiger partial charge in [-0.25, -0.2) is 4.39 Å². The maximum absolute atomic E-state index is 12.9. The second kappa shape index (κ2) is 4.63. The van der Waals surface area contributed by atoms with Crippen molar-refractivity contribution in [1.29, 1.82) is 0 Å². The lowest BCUT2D eigenvalue weighted by Gasteiger charge is -1.99. The Labute approximate surface area is 118 Å². The van der Waals surface area contributed by atoms with E-state index >= 15 is 0 Å². The van der Waals surface area contributed by atoms with Crippen LogP contribution in [-0.2, 0) is 4.79 Å². The summed E-state index contributed by atoms with van der Waals surface area (Å²) in [5, 5.41) is 2.80. The van der Waals surface area contributed by atoms with Crippen molar-refractivity contribution in [1.82, 2.24) is 0 Å². The molecule has 0 saturated heterocycles. The number of hydrogen-bond donors (Lipinski definition) is 1. The van der Waals surface area contributed by atoms with E-state index in [0.717, 1.165) is 21.3 Å². The summed E-state index contributed by atoms with van der Waals surface area (Å²) in [6.07, 6.45) is 1.76. The van der Waals surface area contributed by atoms with Crippen molar-refractivity contribution in [2.45, 2.75) is 0 Å².